The van der Waals surface area contributed by atoms with Crippen LogP contribution in [0.2, 0.25) is 0 Å². The number of ketones is 1. The SMILES string of the molecule is CC(NC(=O)CN1CCOCC1)C(=O)NC(Cc1ccc2c(c1)CCS(=O)(=O)N2)C(=O)NC(CC1CCCC1)C(=O)C1(C)CO1. The number of carbonyl (C=O) groups excluding carboxylic acids is 4. The molecule has 3 fully saturated rings. The molecular formula is C31H45N5O8S. The van der Waals surface area contributed by atoms with Crippen molar-refractivity contribution in [1.29, 1.82) is 0 Å². The number of carbonyl (C=O) groups is 4. The molecule has 1 aliphatic carbocycles. The van der Waals surface area contributed by atoms with Crippen LogP contribution in [0.3, 0.4) is 0 Å². The highest BCUT2D eigenvalue weighted by atomic mass is 32.2. The van der Waals surface area contributed by atoms with Crippen molar-refractivity contribution in [3.05, 3.63) is 29.3 Å². The van der Waals surface area contributed by atoms with Crippen LogP contribution in [0, 0.1) is 5.92 Å². The number of rotatable bonds is 13. The number of sulfonamides is 1. The summed E-state index contributed by atoms with van der Waals surface area (Å²) in [4.78, 5) is 55.2. The number of nitrogens with one attached hydrogen (secondary N) is 4. The molecule has 45 heavy (non-hydrogen) atoms. The third-order valence-corrected chi connectivity index (χ3v) is 10.4. The smallest absolute Gasteiger partial charge is 0.243 e. The zero-order valence-electron chi connectivity index (χ0n) is 26.1. The Morgan fingerprint density at radius 3 is 2.42 bits per heavy atom. The van der Waals surface area contributed by atoms with Crippen LogP contribution < -0.4 is 20.7 Å². The van der Waals surface area contributed by atoms with Gasteiger partial charge in [0.2, 0.25) is 27.7 Å². The van der Waals surface area contributed by atoms with Crippen LogP contribution in [0.1, 0.15) is 57.1 Å². The van der Waals surface area contributed by atoms with Crippen molar-refractivity contribution in [3.8, 4) is 0 Å². The molecule has 0 bridgehead atoms. The Hall–Kier alpha value is -3.07. The highest BCUT2D eigenvalue weighted by Gasteiger charge is 2.50. The second kappa shape index (κ2) is 14.1. The van der Waals surface area contributed by atoms with Crippen molar-refractivity contribution in [3.63, 3.8) is 0 Å². The maximum absolute atomic E-state index is 13.9. The monoisotopic (exact) mass is 647 g/mol. The lowest BCUT2D eigenvalue weighted by molar-refractivity contribution is -0.134. The lowest BCUT2D eigenvalue weighted by atomic mass is 9.90. The molecule has 3 amide bonds. The molecule has 1 aromatic carbocycles. The molecule has 14 heteroatoms. The third-order valence-electron chi connectivity index (χ3n) is 9.17. The van der Waals surface area contributed by atoms with E-state index < -0.39 is 45.6 Å². The summed E-state index contributed by atoms with van der Waals surface area (Å²) in [6, 6.07) is 2.48. The summed E-state index contributed by atoms with van der Waals surface area (Å²) in [5.41, 5.74) is 1.09. The molecule has 13 nitrogen and oxygen atoms in total. The number of benzene rings is 1. The number of Topliss-reactive ketones (excluding diaryl/α,β-unsaturated/α-hetero) is 1. The van der Waals surface area contributed by atoms with Crippen LogP contribution in [0.15, 0.2) is 18.2 Å². The first-order chi connectivity index (χ1) is 21.4. The summed E-state index contributed by atoms with van der Waals surface area (Å²) in [5, 5.41) is 8.47. The molecule has 0 radical (unpaired) electrons. The fourth-order valence-electron chi connectivity index (χ4n) is 6.30. The molecule has 4 aliphatic rings. The van der Waals surface area contributed by atoms with Gasteiger partial charge in [0.25, 0.3) is 0 Å². The average molecular weight is 648 g/mol. The van der Waals surface area contributed by atoms with E-state index in [2.05, 4.69) is 20.7 Å². The van der Waals surface area contributed by atoms with Crippen LogP contribution in [0.25, 0.3) is 0 Å². The second-order valence-corrected chi connectivity index (χ2v) is 14.8. The minimum absolute atomic E-state index is 0.0441. The van der Waals surface area contributed by atoms with Crippen molar-refractivity contribution in [2.75, 3.05) is 49.9 Å². The van der Waals surface area contributed by atoms with Crippen LogP contribution in [0.4, 0.5) is 5.69 Å². The predicted octanol–water partition coefficient (Wildman–Crippen LogP) is 0.272. The van der Waals surface area contributed by atoms with Crippen LogP contribution in [-0.2, 0) is 51.5 Å². The first-order valence-corrected chi connectivity index (χ1v) is 17.6. The molecular weight excluding hydrogens is 602 g/mol. The van der Waals surface area contributed by atoms with E-state index in [1.165, 1.54) is 0 Å². The Morgan fingerprint density at radius 1 is 1.04 bits per heavy atom. The van der Waals surface area contributed by atoms with E-state index in [9.17, 15) is 27.6 Å². The number of nitrogens with zero attached hydrogens (tertiary/aromatic N) is 1. The lowest BCUT2D eigenvalue weighted by Gasteiger charge is -2.28. The van der Waals surface area contributed by atoms with Crippen LogP contribution in [0.5, 0.6) is 0 Å². The van der Waals surface area contributed by atoms with Gasteiger partial charge in [-0.3, -0.25) is 28.8 Å². The number of aryl methyl sites for hydroxylation is 1. The highest BCUT2D eigenvalue weighted by molar-refractivity contribution is 7.92. The van der Waals surface area contributed by atoms with Crippen LogP contribution in [-0.4, -0.2) is 106 Å². The Labute approximate surface area is 264 Å². The van der Waals surface area contributed by atoms with Crippen LogP contribution >= 0.6 is 0 Å². The first-order valence-electron chi connectivity index (χ1n) is 15.9. The summed E-state index contributed by atoms with van der Waals surface area (Å²) in [7, 11) is -3.39. The van der Waals surface area contributed by atoms with Crippen molar-refractivity contribution >= 4 is 39.2 Å². The van der Waals surface area contributed by atoms with Gasteiger partial charge in [-0.15, -0.1) is 0 Å². The maximum atomic E-state index is 13.9. The van der Waals surface area contributed by atoms with Gasteiger partial charge in [0.15, 0.2) is 5.78 Å². The normalized spacial score (nSPS) is 24.8. The number of hydrogen-bond donors (Lipinski definition) is 4. The second-order valence-electron chi connectivity index (χ2n) is 12.9. The lowest BCUT2D eigenvalue weighted by Crippen LogP contribution is -2.57. The van der Waals surface area contributed by atoms with E-state index in [4.69, 9.17) is 9.47 Å². The van der Waals surface area contributed by atoms with Gasteiger partial charge in [0, 0.05) is 19.5 Å². The standard InChI is InChI=1S/C31H45N5O8S/c1-20(32-27(37)18-36-10-12-43-13-11-36)29(39)34-26(17-22-7-8-24-23(15-22)9-14-45(41,42)35-24)30(40)33-25(16-21-5-3-4-6-21)28(38)31(2)19-44-31/h7-8,15,20-21,25-26,35H,3-6,9-14,16-19H2,1-2H3,(H,32,37)(H,33,40)(H,34,39). The van der Waals surface area contributed by atoms with Crippen molar-refractivity contribution in [2.45, 2.75) is 82.5 Å². The molecule has 5 rings (SSSR count). The number of anilines is 1. The number of ether oxygens (including phenoxy) is 2. The molecule has 1 saturated carbocycles. The third kappa shape index (κ3) is 9.02. The molecule has 4 N–H and O–H groups in total. The Bertz CT molecular complexity index is 1390. The van der Waals surface area contributed by atoms with Gasteiger partial charge in [-0.25, -0.2) is 8.42 Å². The van der Waals surface area contributed by atoms with Gasteiger partial charge in [-0.1, -0.05) is 37.8 Å². The zero-order valence-corrected chi connectivity index (χ0v) is 26.9. The van der Waals surface area contributed by atoms with Crippen molar-refractivity contribution in [2.24, 2.45) is 5.92 Å². The molecule has 248 valence electrons. The van der Waals surface area contributed by atoms with E-state index in [0.717, 1.165) is 36.8 Å². The van der Waals surface area contributed by atoms with Gasteiger partial charge in [0.1, 0.15) is 17.7 Å². The van der Waals surface area contributed by atoms with E-state index >= 15 is 0 Å². The highest BCUT2D eigenvalue weighted by Crippen LogP contribution is 2.33. The van der Waals surface area contributed by atoms with Gasteiger partial charge >= 0.3 is 0 Å². The fourth-order valence-corrected chi connectivity index (χ4v) is 7.43. The Kier molecular flexibility index (Phi) is 10.5. The molecule has 0 aromatic heterocycles. The van der Waals surface area contributed by atoms with Gasteiger partial charge < -0.3 is 25.4 Å². The van der Waals surface area contributed by atoms with Gasteiger partial charge in [0.05, 0.1) is 43.8 Å². The van der Waals surface area contributed by atoms with Gasteiger partial charge in [-0.05, 0) is 49.8 Å². The van der Waals surface area contributed by atoms with Crippen molar-refractivity contribution < 1.29 is 37.1 Å². The molecule has 4 atom stereocenters. The predicted molar refractivity (Wildman–Crippen MR) is 166 cm³/mol. The first kappa shape index (κ1) is 33.3. The van der Waals surface area contributed by atoms with Crippen molar-refractivity contribution in [1.82, 2.24) is 20.9 Å². The number of epoxide rings is 1. The van der Waals surface area contributed by atoms with E-state index in [0.29, 0.717) is 57.4 Å². The maximum Gasteiger partial charge on any atom is 0.243 e. The summed E-state index contributed by atoms with van der Waals surface area (Å²) < 4.78 is 37.3. The molecule has 4 unspecified atom stereocenters. The summed E-state index contributed by atoms with van der Waals surface area (Å²) >= 11 is 0. The van der Waals surface area contributed by atoms with E-state index in [1.807, 2.05) is 11.0 Å². The summed E-state index contributed by atoms with van der Waals surface area (Å²) in [5.74, 6) is -1.24. The summed E-state index contributed by atoms with van der Waals surface area (Å²) in [6.07, 6.45) is 5.12. The Morgan fingerprint density at radius 2 is 1.73 bits per heavy atom. The average Bonchev–Trinajstić information content (AvgIpc) is 3.54. The molecule has 3 aliphatic heterocycles. The topological polar surface area (TPSA) is 176 Å². The van der Waals surface area contributed by atoms with Gasteiger partial charge in [-0.2, -0.15) is 0 Å². The largest absolute Gasteiger partial charge is 0.379 e. The molecule has 2 saturated heterocycles. The minimum Gasteiger partial charge on any atom is -0.379 e. The number of fused-ring (bicyclic) bond motifs is 1. The molecule has 0 spiro atoms. The molecule has 3 heterocycles. The fraction of sp³-hybridized carbons (Fsp3) is 0.677. The summed E-state index contributed by atoms with van der Waals surface area (Å²) in [6.45, 7) is 6.08. The Balaban J connectivity index is 1.30. The number of amides is 3. The zero-order chi connectivity index (χ0) is 32.2. The minimum atomic E-state index is -3.39. The van der Waals surface area contributed by atoms with E-state index in [1.54, 1.807) is 26.0 Å². The van der Waals surface area contributed by atoms with E-state index in [-0.39, 0.29) is 30.4 Å². The molecule has 1 aromatic rings. The number of hydrogen-bond acceptors (Lipinski definition) is 9. The quantitative estimate of drug-likeness (QED) is 0.219. The number of morpholine rings is 1.